The molecule has 1 aliphatic carbocycles. The molecule has 9 atom stereocenters. The predicted octanol–water partition coefficient (Wildman–Crippen LogP) is 8.14. The van der Waals surface area contributed by atoms with Crippen LogP contribution in [0.25, 0.3) is 0 Å². The summed E-state index contributed by atoms with van der Waals surface area (Å²) in [6.07, 6.45) is 26.1. The summed E-state index contributed by atoms with van der Waals surface area (Å²) in [4.78, 5) is 35.7. The number of carbonyl (C=O) groups excluding carboxylic acids is 2. The van der Waals surface area contributed by atoms with E-state index in [-0.39, 0.29) is 12.8 Å². The van der Waals surface area contributed by atoms with Crippen molar-refractivity contribution in [2.45, 2.75) is 223 Å². The fraction of sp³-hybridized carbons (Fsp3) is 0.787. The number of allylic oxidation sites excluding steroid dienone is 6. The maximum atomic E-state index is 12.8. The summed E-state index contributed by atoms with van der Waals surface area (Å²) in [5.41, 5.74) is 0. The lowest BCUT2D eigenvalue weighted by molar-refractivity contribution is -0.220. The van der Waals surface area contributed by atoms with Crippen LogP contribution in [0.5, 0.6) is 0 Å². The monoisotopic (exact) mass is 903 g/mol. The van der Waals surface area contributed by atoms with Crippen molar-refractivity contribution in [2.24, 2.45) is 0 Å². The molecule has 1 aliphatic rings. The first-order chi connectivity index (χ1) is 29.8. The first kappa shape index (κ1) is 57.8. The van der Waals surface area contributed by atoms with Gasteiger partial charge in [0, 0.05) is 12.8 Å². The number of phosphoric acid groups is 1. The highest BCUT2D eigenvalue weighted by Crippen LogP contribution is 2.47. The molecule has 0 saturated heterocycles. The maximum absolute atomic E-state index is 12.8. The van der Waals surface area contributed by atoms with Gasteiger partial charge >= 0.3 is 19.8 Å². The summed E-state index contributed by atoms with van der Waals surface area (Å²) >= 11 is 0. The molecule has 0 aromatic rings. The molecule has 0 aromatic carbocycles. The molecule has 62 heavy (non-hydrogen) atoms. The Hall–Kier alpha value is -2.23. The van der Waals surface area contributed by atoms with Crippen molar-refractivity contribution < 1.29 is 68.2 Å². The number of hydrogen-bond donors (Lipinski definition) is 7. The van der Waals surface area contributed by atoms with Crippen molar-refractivity contribution in [1.29, 1.82) is 0 Å². The summed E-state index contributed by atoms with van der Waals surface area (Å²) in [7, 11) is -5.16. The van der Waals surface area contributed by atoms with Crippen LogP contribution in [0.1, 0.15) is 174 Å². The van der Waals surface area contributed by atoms with E-state index in [1.807, 2.05) is 18.2 Å². The van der Waals surface area contributed by atoms with Gasteiger partial charge in [-0.15, -0.1) is 0 Å². The van der Waals surface area contributed by atoms with E-state index in [1.165, 1.54) is 89.9 Å². The maximum Gasteiger partial charge on any atom is 0.472 e. The minimum atomic E-state index is -5.16. The van der Waals surface area contributed by atoms with Crippen LogP contribution >= 0.6 is 7.82 Å². The third kappa shape index (κ3) is 29.3. The van der Waals surface area contributed by atoms with Gasteiger partial charge in [-0.25, -0.2) is 4.57 Å². The van der Waals surface area contributed by atoms with Crippen LogP contribution in [0.3, 0.4) is 0 Å². The number of ether oxygens (including phenoxy) is 2. The van der Waals surface area contributed by atoms with Crippen LogP contribution in [0, 0.1) is 0 Å². The molecule has 14 nitrogen and oxygen atoms in total. The van der Waals surface area contributed by atoms with Crippen LogP contribution in [-0.2, 0) is 32.7 Å². The fourth-order valence-electron chi connectivity index (χ4n) is 6.89. The minimum absolute atomic E-state index is 0.0378. The van der Waals surface area contributed by atoms with Gasteiger partial charge in [0.1, 0.15) is 43.2 Å². The van der Waals surface area contributed by atoms with Crippen LogP contribution in [0.4, 0.5) is 0 Å². The molecular weight excluding hydrogens is 819 g/mol. The van der Waals surface area contributed by atoms with E-state index < -0.39 is 81.8 Å². The topological polar surface area (TPSA) is 230 Å². The summed E-state index contributed by atoms with van der Waals surface area (Å²) < 4.78 is 33.4. The Morgan fingerprint density at radius 1 is 0.581 bits per heavy atom. The Balaban J connectivity index is 2.54. The molecule has 1 saturated carbocycles. The number of rotatable bonds is 38. The quantitative estimate of drug-likeness (QED) is 0.0102. The Morgan fingerprint density at radius 2 is 1.08 bits per heavy atom. The van der Waals surface area contributed by atoms with E-state index in [1.54, 1.807) is 18.2 Å². The molecular formula is C47H83O14P. The number of carbonyl (C=O) groups is 2. The Kier molecular flexibility index (Phi) is 34.5. The number of aliphatic hydroxyl groups excluding tert-OH is 6. The van der Waals surface area contributed by atoms with Gasteiger partial charge in [-0.2, -0.15) is 0 Å². The molecule has 0 radical (unpaired) electrons. The summed E-state index contributed by atoms with van der Waals surface area (Å²) in [6.45, 7) is 3.15. The third-order valence-corrected chi connectivity index (χ3v) is 11.7. The zero-order chi connectivity index (χ0) is 45.9. The lowest BCUT2D eigenvalue weighted by Crippen LogP contribution is -2.64. The second-order valence-corrected chi connectivity index (χ2v) is 17.9. The second-order valence-electron chi connectivity index (χ2n) is 16.5. The lowest BCUT2D eigenvalue weighted by Gasteiger charge is -2.41. The van der Waals surface area contributed by atoms with Crippen molar-refractivity contribution in [3.05, 3.63) is 48.6 Å². The molecule has 0 amide bonds. The van der Waals surface area contributed by atoms with E-state index in [0.29, 0.717) is 25.7 Å². The molecule has 1 fully saturated rings. The first-order valence-electron chi connectivity index (χ1n) is 23.5. The molecule has 7 N–H and O–H groups in total. The van der Waals surface area contributed by atoms with E-state index in [2.05, 4.69) is 26.0 Å². The molecule has 0 aliphatic heterocycles. The van der Waals surface area contributed by atoms with Crippen molar-refractivity contribution in [3.63, 3.8) is 0 Å². The number of unbranched alkanes of at least 4 members (excludes halogenated alkanes) is 18. The second kappa shape index (κ2) is 37.0. The van der Waals surface area contributed by atoms with E-state index in [0.717, 1.165) is 32.1 Å². The number of esters is 2. The van der Waals surface area contributed by atoms with Gasteiger partial charge in [-0.1, -0.05) is 165 Å². The smallest absolute Gasteiger partial charge is 0.462 e. The summed E-state index contributed by atoms with van der Waals surface area (Å²) in [6, 6.07) is 0. The van der Waals surface area contributed by atoms with E-state index in [9.17, 15) is 49.7 Å². The highest BCUT2D eigenvalue weighted by molar-refractivity contribution is 7.47. The largest absolute Gasteiger partial charge is 0.472 e. The standard InChI is InChI=1S/C47H83O14P/c1-3-5-7-9-11-13-14-15-16-17-18-20-22-26-30-34-40(49)58-36-39(37-59-62(56,57)61-47-45(54)43(52)42(51)44(53)46(47)55)60-41(50)35-31-27-23-25-29-33-38(48)32-28-24-21-19-12-10-8-6-4-2/h12,19,23-25,28-29,33,38-39,42-48,51-55H,3-11,13-18,20-22,26-27,30-32,34-37H2,1-2H3,(H,56,57)/b19-12-,25-23+,28-24-,33-29-/t38?,39-,42?,43-,44+,45-,46-,47?/m1/s1. The van der Waals surface area contributed by atoms with Crippen molar-refractivity contribution >= 4 is 19.8 Å². The van der Waals surface area contributed by atoms with Crippen molar-refractivity contribution in [1.82, 2.24) is 0 Å². The Labute approximate surface area is 372 Å². The Bertz CT molecular complexity index is 1290. The molecule has 1 rings (SSSR count). The number of aliphatic hydroxyl groups is 6. The molecule has 4 unspecified atom stereocenters. The van der Waals surface area contributed by atoms with Crippen LogP contribution < -0.4 is 0 Å². The van der Waals surface area contributed by atoms with Crippen LogP contribution in [0.2, 0.25) is 0 Å². The highest BCUT2D eigenvalue weighted by atomic mass is 31.2. The van der Waals surface area contributed by atoms with Crippen molar-refractivity contribution in [3.8, 4) is 0 Å². The number of phosphoric ester groups is 1. The van der Waals surface area contributed by atoms with E-state index >= 15 is 0 Å². The molecule has 15 heteroatoms. The van der Waals surface area contributed by atoms with Gasteiger partial charge in [-0.05, 0) is 44.9 Å². The Morgan fingerprint density at radius 3 is 1.68 bits per heavy atom. The number of hydrogen-bond acceptors (Lipinski definition) is 13. The van der Waals surface area contributed by atoms with E-state index in [4.69, 9.17) is 18.5 Å². The first-order valence-corrected chi connectivity index (χ1v) is 25.0. The zero-order valence-corrected chi connectivity index (χ0v) is 38.7. The molecule has 0 bridgehead atoms. The van der Waals surface area contributed by atoms with Gasteiger partial charge in [0.15, 0.2) is 6.10 Å². The fourth-order valence-corrected chi connectivity index (χ4v) is 7.86. The average molecular weight is 903 g/mol. The SMILES string of the molecule is CCCCC/C=C\C/C=C\CC(O)/C=C\C=C\CCCC(=O)O[C@H](COC(=O)CCCCCCCCCCCCCCCCC)COP(=O)(O)OC1[C@H](O)[C@H](O)C(O)[C@H](O)[C@H]1O. The molecule has 360 valence electrons. The van der Waals surface area contributed by atoms with Gasteiger partial charge in [0.05, 0.1) is 12.7 Å². The normalized spacial score (nSPS) is 22.8. The van der Waals surface area contributed by atoms with Crippen LogP contribution in [0.15, 0.2) is 48.6 Å². The summed E-state index contributed by atoms with van der Waals surface area (Å²) in [5.74, 6) is -1.23. The lowest BCUT2D eigenvalue weighted by atomic mass is 9.85. The molecule has 0 aromatic heterocycles. The van der Waals surface area contributed by atoms with Gasteiger partial charge in [0.25, 0.3) is 0 Å². The zero-order valence-electron chi connectivity index (χ0n) is 37.8. The summed E-state index contributed by atoms with van der Waals surface area (Å²) in [5, 5.41) is 60.3. The van der Waals surface area contributed by atoms with Crippen molar-refractivity contribution in [2.75, 3.05) is 13.2 Å². The predicted molar refractivity (Wildman–Crippen MR) is 241 cm³/mol. The third-order valence-electron chi connectivity index (χ3n) is 10.8. The molecule has 0 heterocycles. The van der Waals surface area contributed by atoms with Gasteiger partial charge < -0.3 is 45.0 Å². The highest BCUT2D eigenvalue weighted by Gasteiger charge is 2.51. The van der Waals surface area contributed by atoms with Gasteiger partial charge in [0.2, 0.25) is 0 Å². The molecule has 0 spiro atoms. The van der Waals surface area contributed by atoms with Gasteiger partial charge in [-0.3, -0.25) is 18.6 Å². The average Bonchev–Trinajstić information content (AvgIpc) is 3.25. The van der Waals surface area contributed by atoms with Crippen LogP contribution in [-0.4, -0.2) is 110 Å². The minimum Gasteiger partial charge on any atom is -0.462 e.